The van der Waals surface area contributed by atoms with Crippen LogP contribution in [-0.2, 0) is 4.74 Å². The molecule has 72 valence electrons. The third-order valence-corrected chi connectivity index (χ3v) is 3.09. The van der Waals surface area contributed by atoms with Gasteiger partial charge < -0.3 is 14.3 Å². The molecule has 1 aromatic heterocycles. The van der Waals surface area contributed by atoms with Crippen molar-refractivity contribution < 1.29 is 4.74 Å². The lowest BCUT2D eigenvalue weighted by Crippen LogP contribution is -2.08. The van der Waals surface area contributed by atoms with Crippen LogP contribution in [0.1, 0.15) is 25.3 Å². The van der Waals surface area contributed by atoms with Gasteiger partial charge in [-0.3, -0.25) is 0 Å². The maximum atomic E-state index is 5.32. The number of nitrogens with zero attached hydrogens (tertiary/aromatic N) is 1. The Labute approximate surface area is 82.7 Å². The number of hydrogen-bond acceptors (Lipinski definition) is 2. The van der Waals surface area contributed by atoms with Gasteiger partial charge in [0.2, 0.25) is 0 Å². The van der Waals surface area contributed by atoms with E-state index in [2.05, 4.69) is 9.55 Å². The number of nitrogens with one attached hydrogen (secondary N) is 1. The van der Waals surface area contributed by atoms with Crippen molar-refractivity contribution >= 4 is 12.2 Å². The van der Waals surface area contributed by atoms with Gasteiger partial charge in [0.05, 0.1) is 6.10 Å². The molecular formula is C9H14N2OS. The van der Waals surface area contributed by atoms with E-state index in [0.29, 0.717) is 12.1 Å². The molecule has 13 heavy (non-hydrogen) atoms. The highest BCUT2D eigenvalue weighted by Gasteiger charge is 2.25. The molecule has 1 heterocycles. The molecule has 1 fully saturated rings. The van der Waals surface area contributed by atoms with Crippen LogP contribution in [0, 0.1) is 4.77 Å². The van der Waals surface area contributed by atoms with Crippen molar-refractivity contribution in [3.63, 3.8) is 0 Å². The van der Waals surface area contributed by atoms with Crippen LogP contribution in [0.15, 0.2) is 12.4 Å². The van der Waals surface area contributed by atoms with Crippen LogP contribution < -0.4 is 0 Å². The normalized spacial score (nSPS) is 28.1. The van der Waals surface area contributed by atoms with Crippen LogP contribution >= 0.6 is 12.2 Å². The first-order valence-corrected chi connectivity index (χ1v) is 5.00. The minimum atomic E-state index is 0.418. The molecular weight excluding hydrogens is 184 g/mol. The van der Waals surface area contributed by atoms with Crippen LogP contribution in [-0.4, -0.2) is 22.8 Å². The van der Waals surface area contributed by atoms with Crippen molar-refractivity contribution in [3.05, 3.63) is 17.2 Å². The standard InChI is InChI=1S/C9H14N2OS/c1-12-8-3-2-7(6-8)11-5-4-10-9(11)13/h4-5,7-8H,2-3,6H2,1H3,(H,10,13). The van der Waals surface area contributed by atoms with Gasteiger partial charge in [-0.05, 0) is 31.5 Å². The second kappa shape index (κ2) is 3.64. The molecule has 2 rings (SSSR count). The minimum absolute atomic E-state index is 0.418. The highest BCUT2D eigenvalue weighted by atomic mass is 32.1. The second-order valence-corrected chi connectivity index (χ2v) is 3.88. The summed E-state index contributed by atoms with van der Waals surface area (Å²) in [5.74, 6) is 0. The van der Waals surface area contributed by atoms with Gasteiger partial charge in [-0.25, -0.2) is 0 Å². The van der Waals surface area contributed by atoms with E-state index in [4.69, 9.17) is 17.0 Å². The summed E-state index contributed by atoms with van der Waals surface area (Å²) >= 11 is 5.16. The van der Waals surface area contributed by atoms with Crippen LogP contribution in [0.3, 0.4) is 0 Å². The summed E-state index contributed by atoms with van der Waals surface area (Å²) in [7, 11) is 1.78. The smallest absolute Gasteiger partial charge is 0.177 e. The van der Waals surface area contributed by atoms with E-state index in [-0.39, 0.29) is 0 Å². The maximum Gasteiger partial charge on any atom is 0.177 e. The molecule has 1 N–H and O–H groups in total. The minimum Gasteiger partial charge on any atom is -0.381 e. The number of hydrogen-bond donors (Lipinski definition) is 1. The second-order valence-electron chi connectivity index (χ2n) is 3.50. The summed E-state index contributed by atoms with van der Waals surface area (Å²) in [6.07, 6.45) is 7.73. The Balaban J connectivity index is 2.12. The number of ether oxygens (including phenoxy) is 1. The summed E-state index contributed by atoms with van der Waals surface area (Å²) < 4.78 is 8.28. The molecule has 0 bridgehead atoms. The number of methoxy groups -OCH3 is 1. The third kappa shape index (κ3) is 1.69. The fourth-order valence-corrected chi connectivity index (χ4v) is 2.28. The Morgan fingerprint density at radius 1 is 1.62 bits per heavy atom. The van der Waals surface area contributed by atoms with Gasteiger partial charge in [-0.2, -0.15) is 0 Å². The molecule has 0 aromatic carbocycles. The number of aromatic nitrogens is 2. The van der Waals surface area contributed by atoms with E-state index < -0.39 is 0 Å². The fraction of sp³-hybridized carbons (Fsp3) is 0.667. The number of aromatic amines is 1. The molecule has 1 saturated carbocycles. The van der Waals surface area contributed by atoms with Gasteiger partial charge in [0.25, 0.3) is 0 Å². The van der Waals surface area contributed by atoms with E-state index in [1.54, 1.807) is 7.11 Å². The Morgan fingerprint density at radius 2 is 2.46 bits per heavy atom. The van der Waals surface area contributed by atoms with E-state index in [1.165, 1.54) is 6.42 Å². The maximum absolute atomic E-state index is 5.32. The van der Waals surface area contributed by atoms with Gasteiger partial charge in [0, 0.05) is 25.5 Å². The van der Waals surface area contributed by atoms with Crippen molar-refractivity contribution in [2.24, 2.45) is 0 Å². The molecule has 1 aliphatic rings. The van der Waals surface area contributed by atoms with Crippen molar-refractivity contribution in [1.82, 2.24) is 9.55 Å². The predicted molar refractivity (Wildman–Crippen MR) is 53.3 cm³/mol. The molecule has 4 heteroatoms. The molecule has 0 amide bonds. The summed E-state index contributed by atoms with van der Waals surface area (Å²) in [4.78, 5) is 3.02. The van der Waals surface area contributed by atoms with Gasteiger partial charge in [0.15, 0.2) is 4.77 Å². The largest absolute Gasteiger partial charge is 0.381 e. The van der Waals surface area contributed by atoms with E-state index in [9.17, 15) is 0 Å². The fourth-order valence-electron chi connectivity index (χ4n) is 2.00. The Hall–Kier alpha value is -0.610. The molecule has 0 spiro atoms. The van der Waals surface area contributed by atoms with Crippen LogP contribution in [0.4, 0.5) is 0 Å². The average Bonchev–Trinajstić information content (AvgIpc) is 2.71. The zero-order valence-corrected chi connectivity index (χ0v) is 8.51. The molecule has 1 aromatic rings. The summed E-state index contributed by atoms with van der Waals surface area (Å²) in [6.45, 7) is 0. The van der Waals surface area contributed by atoms with E-state index in [0.717, 1.165) is 17.6 Å². The summed E-state index contributed by atoms with van der Waals surface area (Å²) in [5, 5.41) is 0. The first-order valence-electron chi connectivity index (χ1n) is 4.59. The average molecular weight is 198 g/mol. The topological polar surface area (TPSA) is 29.9 Å². The van der Waals surface area contributed by atoms with Crippen LogP contribution in [0.25, 0.3) is 0 Å². The number of rotatable bonds is 2. The van der Waals surface area contributed by atoms with Crippen molar-refractivity contribution in [3.8, 4) is 0 Å². The molecule has 0 saturated heterocycles. The summed E-state index contributed by atoms with van der Waals surface area (Å²) in [6, 6.07) is 0.531. The van der Waals surface area contributed by atoms with Crippen molar-refractivity contribution in [2.45, 2.75) is 31.4 Å². The highest BCUT2D eigenvalue weighted by Crippen LogP contribution is 2.31. The Bertz CT molecular complexity index is 330. The Morgan fingerprint density at radius 3 is 3.00 bits per heavy atom. The lowest BCUT2D eigenvalue weighted by molar-refractivity contribution is 0.106. The van der Waals surface area contributed by atoms with E-state index >= 15 is 0 Å². The van der Waals surface area contributed by atoms with Gasteiger partial charge >= 0.3 is 0 Å². The number of imidazole rings is 1. The zero-order chi connectivity index (χ0) is 9.26. The van der Waals surface area contributed by atoms with Crippen molar-refractivity contribution in [2.75, 3.05) is 7.11 Å². The lowest BCUT2D eigenvalue weighted by atomic mass is 10.2. The quantitative estimate of drug-likeness (QED) is 0.739. The molecule has 2 atom stereocenters. The van der Waals surface area contributed by atoms with Gasteiger partial charge in [0.1, 0.15) is 0 Å². The molecule has 0 aliphatic heterocycles. The lowest BCUT2D eigenvalue weighted by Gasteiger charge is -2.11. The van der Waals surface area contributed by atoms with Crippen LogP contribution in [0.2, 0.25) is 0 Å². The molecule has 1 aliphatic carbocycles. The first-order chi connectivity index (χ1) is 6.31. The monoisotopic (exact) mass is 198 g/mol. The summed E-state index contributed by atoms with van der Waals surface area (Å²) in [5.41, 5.74) is 0. The molecule has 3 nitrogen and oxygen atoms in total. The van der Waals surface area contributed by atoms with Gasteiger partial charge in [-0.15, -0.1) is 0 Å². The van der Waals surface area contributed by atoms with Gasteiger partial charge in [-0.1, -0.05) is 0 Å². The highest BCUT2D eigenvalue weighted by molar-refractivity contribution is 7.71. The molecule has 0 radical (unpaired) electrons. The van der Waals surface area contributed by atoms with E-state index in [1.807, 2.05) is 12.4 Å². The third-order valence-electron chi connectivity index (χ3n) is 2.76. The predicted octanol–water partition coefficient (Wildman–Crippen LogP) is 2.29. The number of H-pyrrole nitrogens is 1. The van der Waals surface area contributed by atoms with Crippen LogP contribution in [0.5, 0.6) is 0 Å². The first kappa shape index (κ1) is 8.97. The molecule has 2 unspecified atom stereocenters. The van der Waals surface area contributed by atoms with Crippen molar-refractivity contribution in [1.29, 1.82) is 0 Å². The SMILES string of the molecule is COC1CCC(n2cc[nH]c2=S)C1. The Kier molecular flexibility index (Phi) is 2.51. The zero-order valence-electron chi connectivity index (χ0n) is 7.69.